The fourth-order valence-electron chi connectivity index (χ4n) is 2.42. The number of carbonyl (C=O) groups is 1. The van der Waals surface area contributed by atoms with E-state index in [1.165, 1.54) is 5.56 Å². The first kappa shape index (κ1) is 14.3. The van der Waals surface area contributed by atoms with E-state index in [2.05, 4.69) is 21.7 Å². The molecule has 5 nitrogen and oxygen atoms in total. The lowest BCUT2D eigenvalue weighted by molar-refractivity contribution is -0.128. The van der Waals surface area contributed by atoms with Crippen molar-refractivity contribution in [3.05, 3.63) is 22.9 Å². The van der Waals surface area contributed by atoms with Gasteiger partial charge in [-0.25, -0.2) is 4.98 Å². The molecule has 0 bridgehead atoms. The topological polar surface area (TPSA) is 77.8 Å². The maximum Gasteiger partial charge on any atom is 0.227 e. The lowest BCUT2D eigenvalue weighted by atomic mass is 9.92. The van der Waals surface area contributed by atoms with Crippen molar-refractivity contribution in [1.29, 1.82) is 5.26 Å². The van der Waals surface area contributed by atoms with Crippen molar-refractivity contribution in [1.82, 2.24) is 10.3 Å². The van der Waals surface area contributed by atoms with E-state index in [1.807, 2.05) is 19.9 Å². The molecule has 1 aliphatic rings. The predicted octanol–water partition coefficient (Wildman–Crippen LogP) is 1.63. The number of rotatable bonds is 4. The van der Waals surface area contributed by atoms with E-state index < -0.39 is 5.41 Å². The van der Waals surface area contributed by atoms with Gasteiger partial charge in [0, 0.05) is 19.3 Å². The number of hydrogen-bond donors (Lipinski definition) is 2. The third kappa shape index (κ3) is 2.74. The minimum Gasteiger partial charge on any atom is -0.368 e. The number of hydrogen-bond acceptors (Lipinski definition) is 4. The summed E-state index contributed by atoms with van der Waals surface area (Å²) < 4.78 is 0. The number of nitrogens with zero attached hydrogens (tertiary/aromatic N) is 2. The van der Waals surface area contributed by atoms with Gasteiger partial charge < -0.3 is 10.6 Å². The molecule has 1 amide bonds. The Bertz CT molecular complexity index is 572. The molecule has 2 rings (SSSR count). The van der Waals surface area contributed by atoms with Crippen LogP contribution in [-0.2, 0) is 17.6 Å². The first-order valence-electron chi connectivity index (χ1n) is 6.87. The number of aryl methyl sites for hydroxylation is 2. The van der Waals surface area contributed by atoms with Gasteiger partial charge in [-0.15, -0.1) is 0 Å². The molecule has 0 saturated carbocycles. The Morgan fingerprint density at radius 2 is 2.25 bits per heavy atom. The number of carbonyl (C=O) groups excluding carboxylic acids is 1. The SMILES string of the molecule is CNC(=O)C(C)(C)CNc1nc2c(cc1C#N)CCC2. The van der Waals surface area contributed by atoms with Crippen LogP contribution in [0, 0.1) is 16.7 Å². The largest absolute Gasteiger partial charge is 0.368 e. The van der Waals surface area contributed by atoms with Crippen molar-refractivity contribution in [3.8, 4) is 6.07 Å². The van der Waals surface area contributed by atoms with E-state index in [0.717, 1.165) is 25.0 Å². The zero-order valence-electron chi connectivity index (χ0n) is 12.2. The van der Waals surface area contributed by atoms with Crippen LogP contribution in [0.3, 0.4) is 0 Å². The number of fused-ring (bicyclic) bond motifs is 1. The second-order valence-electron chi connectivity index (χ2n) is 5.77. The average molecular weight is 272 g/mol. The van der Waals surface area contributed by atoms with E-state index in [9.17, 15) is 10.1 Å². The van der Waals surface area contributed by atoms with E-state index in [4.69, 9.17) is 0 Å². The summed E-state index contributed by atoms with van der Waals surface area (Å²) in [4.78, 5) is 16.3. The van der Waals surface area contributed by atoms with Crippen LogP contribution in [0.4, 0.5) is 5.82 Å². The van der Waals surface area contributed by atoms with Gasteiger partial charge in [-0.05, 0) is 44.7 Å². The van der Waals surface area contributed by atoms with Crippen molar-refractivity contribution >= 4 is 11.7 Å². The van der Waals surface area contributed by atoms with E-state index in [1.54, 1.807) is 7.05 Å². The van der Waals surface area contributed by atoms with Crippen LogP contribution in [0.5, 0.6) is 0 Å². The fourth-order valence-corrected chi connectivity index (χ4v) is 2.42. The maximum absolute atomic E-state index is 11.8. The van der Waals surface area contributed by atoms with Crippen LogP contribution >= 0.6 is 0 Å². The fraction of sp³-hybridized carbons (Fsp3) is 0.533. The van der Waals surface area contributed by atoms with E-state index in [-0.39, 0.29) is 5.91 Å². The van der Waals surface area contributed by atoms with Crippen LogP contribution in [-0.4, -0.2) is 24.5 Å². The Morgan fingerprint density at radius 1 is 1.50 bits per heavy atom. The molecule has 0 aromatic carbocycles. The smallest absolute Gasteiger partial charge is 0.227 e. The monoisotopic (exact) mass is 272 g/mol. The number of aromatic nitrogens is 1. The molecular weight excluding hydrogens is 252 g/mol. The third-order valence-electron chi connectivity index (χ3n) is 3.71. The maximum atomic E-state index is 11.8. The lowest BCUT2D eigenvalue weighted by Crippen LogP contribution is -2.39. The molecule has 0 radical (unpaired) electrons. The molecule has 0 unspecified atom stereocenters. The third-order valence-corrected chi connectivity index (χ3v) is 3.71. The number of pyridine rings is 1. The molecule has 0 fully saturated rings. The molecule has 0 atom stereocenters. The molecule has 0 saturated heterocycles. The molecule has 0 spiro atoms. The zero-order valence-corrected chi connectivity index (χ0v) is 12.2. The van der Waals surface area contributed by atoms with E-state index in [0.29, 0.717) is 17.9 Å². The Morgan fingerprint density at radius 3 is 2.90 bits per heavy atom. The molecule has 106 valence electrons. The highest BCUT2D eigenvalue weighted by atomic mass is 16.2. The van der Waals surface area contributed by atoms with Crippen LogP contribution in [0.2, 0.25) is 0 Å². The molecule has 1 aromatic rings. The lowest BCUT2D eigenvalue weighted by Gasteiger charge is -2.23. The second kappa shape index (κ2) is 5.49. The van der Waals surface area contributed by atoms with Gasteiger partial charge in [0.25, 0.3) is 0 Å². The average Bonchev–Trinajstić information content (AvgIpc) is 2.90. The van der Waals surface area contributed by atoms with Crippen molar-refractivity contribution in [2.75, 3.05) is 18.9 Å². The second-order valence-corrected chi connectivity index (χ2v) is 5.77. The van der Waals surface area contributed by atoms with Gasteiger partial charge in [0.2, 0.25) is 5.91 Å². The Labute approximate surface area is 119 Å². The van der Waals surface area contributed by atoms with Crippen molar-refractivity contribution < 1.29 is 4.79 Å². The molecule has 2 N–H and O–H groups in total. The summed E-state index contributed by atoms with van der Waals surface area (Å²) in [5, 5.41) is 15.0. The molecule has 5 heteroatoms. The minimum atomic E-state index is -0.553. The highest BCUT2D eigenvalue weighted by molar-refractivity contribution is 5.82. The molecule has 1 heterocycles. The van der Waals surface area contributed by atoms with Gasteiger partial charge in [0.1, 0.15) is 11.9 Å². The van der Waals surface area contributed by atoms with Gasteiger partial charge in [-0.1, -0.05) is 0 Å². The summed E-state index contributed by atoms with van der Waals surface area (Å²) in [6.07, 6.45) is 3.07. The summed E-state index contributed by atoms with van der Waals surface area (Å²) in [6.45, 7) is 4.16. The Hall–Kier alpha value is -2.09. The van der Waals surface area contributed by atoms with Gasteiger partial charge in [-0.3, -0.25) is 4.79 Å². The highest BCUT2D eigenvalue weighted by Crippen LogP contribution is 2.26. The van der Waals surface area contributed by atoms with Crippen LogP contribution in [0.15, 0.2) is 6.07 Å². The minimum absolute atomic E-state index is 0.0373. The van der Waals surface area contributed by atoms with Gasteiger partial charge in [0.05, 0.1) is 11.0 Å². The predicted molar refractivity (Wildman–Crippen MR) is 77.3 cm³/mol. The number of nitrogens with one attached hydrogen (secondary N) is 2. The standard InChI is InChI=1S/C15H20N4O/c1-15(2,14(20)17-3)9-18-13-11(8-16)7-10-5-4-6-12(10)19-13/h7H,4-6,9H2,1-3H3,(H,17,20)(H,18,19). The van der Waals surface area contributed by atoms with Crippen molar-refractivity contribution in [2.45, 2.75) is 33.1 Å². The first-order valence-corrected chi connectivity index (χ1v) is 6.87. The van der Waals surface area contributed by atoms with Gasteiger partial charge >= 0.3 is 0 Å². The Balaban J connectivity index is 2.18. The van der Waals surface area contributed by atoms with Crippen molar-refractivity contribution in [2.24, 2.45) is 5.41 Å². The normalized spacial score (nSPS) is 13.5. The van der Waals surface area contributed by atoms with Gasteiger partial charge in [0.15, 0.2) is 0 Å². The Kier molecular flexibility index (Phi) is 3.93. The first-order chi connectivity index (χ1) is 9.47. The van der Waals surface area contributed by atoms with Crippen molar-refractivity contribution in [3.63, 3.8) is 0 Å². The molecule has 20 heavy (non-hydrogen) atoms. The molecular formula is C15H20N4O. The number of nitriles is 1. The summed E-state index contributed by atoms with van der Waals surface area (Å²) in [5.74, 6) is 0.551. The van der Waals surface area contributed by atoms with Crippen LogP contribution in [0.1, 0.15) is 37.1 Å². The molecule has 1 aliphatic carbocycles. The molecule has 0 aliphatic heterocycles. The molecule has 1 aromatic heterocycles. The zero-order chi connectivity index (χ0) is 14.8. The van der Waals surface area contributed by atoms with Gasteiger partial charge in [-0.2, -0.15) is 5.26 Å². The van der Waals surface area contributed by atoms with E-state index >= 15 is 0 Å². The summed E-state index contributed by atoms with van der Waals surface area (Å²) in [5.41, 5.74) is 2.25. The number of amides is 1. The van der Waals surface area contributed by atoms with Crippen LogP contribution in [0.25, 0.3) is 0 Å². The quantitative estimate of drug-likeness (QED) is 0.873. The highest BCUT2D eigenvalue weighted by Gasteiger charge is 2.27. The summed E-state index contributed by atoms with van der Waals surface area (Å²) >= 11 is 0. The van der Waals surface area contributed by atoms with Crippen LogP contribution < -0.4 is 10.6 Å². The summed E-state index contributed by atoms with van der Waals surface area (Å²) in [7, 11) is 1.62. The number of anilines is 1. The summed E-state index contributed by atoms with van der Waals surface area (Å²) in [6, 6.07) is 4.10.